The van der Waals surface area contributed by atoms with Crippen LogP contribution in [0.25, 0.3) is 0 Å². The largest absolute Gasteiger partial charge is 0.381 e. The first-order valence-corrected chi connectivity index (χ1v) is 6.08. The highest BCUT2D eigenvalue weighted by Gasteiger charge is 2.36. The molecule has 0 bridgehead atoms. The van der Waals surface area contributed by atoms with Gasteiger partial charge in [0.05, 0.1) is 6.61 Å². The highest BCUT2D eigenvalue weighted by molar-refractivity contribution is 4.89. The van der Waals surface area contributed by atoms with Crippen LogP contribution in [0, 0.1) is 17.8 Å². The van der Waals surface area contributed by atoms with E-state index < -0.39 is 0 Å². The molecule has 1 saturated heterocycles. The number of hydrogen-bond donors (Lipinski definition) is 1. The minimum Gasteiger partial charge on any atom is -0.381 e. The van der Waals surface area contributed by atoms with E-state index >= 15 is 0 Å². The predicted molar refractivity (Wildman–Crippen MR) is 58.3 cm³/mol. The number of hydrogen-bond acceptors (Lipinski definition) is 2. The van der Waals surface area contributed by atoms with Crippen molar-refractivity contribution in [2.24, 2.45) is 17.8 Å². The molecule has 0 spiro atoms. The molecule has 2 aliphatic rings. The van der Waals surface area contributed by atoms with E-state index in [9.17, 15) is 0 Å². The molecule has 0 amide bonds. The van der Waals surface area contributed by atoms with Crippen LogP contribution in [0.15, 0.2) is 0 Å². The molecule has 14 heavy (non-hydrogen) atoms. The van der Waals surface area contributed by atoms with Gasteiger partial charge in [-0.2, -0.15) is 0 Å². The Morgan fingerprint density at radius 3 is 2.64 bits per heavy atom. The van der Waals surface area contributed by atoms with Gasteiger partial charge in [-0.3, -0.25) is 0 Å². The van der Waals surface area contributed by atoms with E-state index in [4.69, 9.17) is 4.74 Å². The minimum absolute atomic E-state index is 0.704. The Bertz CT molecular complexity index is 177. The van der Waals surface area contributed by atoms with E-state index in [0.29, 0.717) is 6.04 Å². The molecule has 2 rings (SSSR count). The summed E-state index contributed by atoms with van der Waals surface area (Å²) >= 11 is 0. The van der Waals surface area contributed by atoms with Crippen molar-refractivity contribution in [2.45, 2.75) is 38.6 Å². The monoisotopic (exact) mass is 197 g/mol. The molecule has 82 valence electrons. The Kier molecular flexibility index (Phi) is 3.45. The van der Waals surface area contributed by atoms with Crippen LogP contribution >= 0.6 is 0 Å². The van der Waals surface area contributed by atoms with Crippen molar-refractivity contribution in [3.63, 3.8) is 0 Å². The molecule has 0 aromatic carbocycles. The summed E-state index contributed by atoms with van der Waals surface area (Å²) < 4.78 is 5.49. The van der Waals surface area contributed by atoms with Crippen molar-refractivity contribution in [1.82, 2.24) is 5.32 Å². The molecular formula is C12H23NO. The van der Waals surface area contributed by atoms with Crippen molar-refractivity contribution in [3.05, 3.63) is 0 Å². The van der Waals surface area contributed by atoms with Crippen LogP contribution in [0.2, 0.25) is 0 Å². The van der Waals surface area contributed by atoms with Gasteiger partial charge >= 0.3 is 0 Å². The zero-order valence-electron chi connectivity index (χ0n) is 9.46. The number of nitrogens with one attached hydrogen (secondary N) is 1. The lowest BCUT2D eigenvalue weighted by Crippen LogP contribution is -2.41. The van der Waals surface area contributed by atoms with Gasteiger partial charge in [-0.15, -0.1) is 0 Å². The van der Waals surface area contributed by atoms with Gasteiger partial charge in [0.15, 0.2) is 0 Å². The van der Waals surface area contributed by atoms with Crippen molar-refractivity contribution in [2.75, 3.05) is 20.3 Å². The summed E-state index contributed by atoms with van der Waals surface area (Å²) in [6.45, 7) is 4.37. The lowest BCUT2D eigenvalue weighted by molar-refractivity contribution is 0.160. The maximum absolute atomic E-state index is 5.49. The molecule has 1 aliphatic heterocycles. The lowest BCUT2D eigenvalue weighted by atomic mass is 9.82. The van der Waals surface area contributed by atoms with Crippen molar-refractivity contribution in [1.29, 1.82) is 0 Å². The summed E-state index contributed by atoms with van der Waals surface area (Å²) in [5, 5.41) is 3.54. The fraction of sp³-hybridized carbons (Fsp3) is 1.00. The smallest absolute Gasteiger partial charge is 0.0510 e. The van der Waals surface area contributed by atoms with Crippen molar-refractivity contribution in [3.8, 4) is 0 Å². The molecule has 0 aromatic rings. The maximum Gasteiger partial charge on any atom is 0.0510 e. The van der Waals surface area contributed by atoms with Gasteiger partial charge in [-0.1, -0.05) is 19.8 Å². The molecule has 4 atom stereocenters. The second kappa shape index (κ2) is 4.63. The van der Waals surface area contributed by atoms with E-state index in [-0.39, 0.29) is 0 Å². The molecule has 2 nitrogen and oxygen atoms in total. The van der Waals surface area contributed by atoms with E-state index in [1.165, 1.54) is 25.7 Å². The highest BCUT2D eigenvalue weighted by atomic mass is 16.5. The second-order valence-electron chi connectivity index (χ2n) is 5.01. The van der Waals surface area contributed by atoms with Gasteiger partial charge in [-0.25, -0.2) is 0 Å². The van der Waals surface area contributed by atoms with Crippen LogP contribution in [-0.2, 0) is 4.74 Å². The van der Waals surface area contributed by atoms with Gasteiger partial charge in [0.2, 0.25) is 0 Å². The zero-order chi connectivity index (χ0) is 9.97. The molecule has 2 heteroatoms. The van der Waals surface area contributed by atoms with Crippen LogP contribution in [0.4, 0.5) is 0 Å². The zero-order valence-corrected chi connectivity index (χ0v) is 9.46. The Morgan fingerprint density at radius 2 is 2.14 bits per heavy atom. The van der Waals surface area contributed by atoms with Gasteiger partial charge in [0.1, 0.15) is 0 Å². The average Bonchev–Trinajstić information content (AvgIpc) is 2.80. The van der Waals surface area contributed by atoms with E-state index in [2.05, 4.69) is 19.3 Å². The van der Waals surface area contributed by atoms with E-state index in [1.807, 2.05) is 0 Å². The van der Waals surface area contributed by atoms with Crippen LogP contribution in [0.3, 0.4) is 0 Å². The molecule has 2 fully saturated rings. The summed E-state index contributed by atoms with van der Waals surface area (Å²) in [6.07, 6.45) is 5.53. The van der Waals surface area contributed by atoms with Gasteiger partial charge in [0, 0.05) is 18.6 Å². The van der Waals surface area contributed by atoms with Crippen molar-refractivity contribution >= 4 is 0 Å². The Labute approximate surface area is 87.4 Å². The Hall–Kier alpha value is -0.0800. The first-order valence-electron chi connectivity index (χ1n) is 6.08. The SMILES string of the molecule is CNC(C1CCOC1)C1CCCC1C. The summed E-state index contributed by atoms with van der Waals surface area (Å²) in [7, 11) is 2.12. The first kappa shape index (κ1) is 10.4. The molecular weight excluding hydrogens is 174 g/mol. The Balaban J connectivity index is 1.96. The molecule has 1 heterocycles. The molecule has 1 saturated carbocycles. The molecule has 1 aliphatic carbocycles. The van der Waals surface area contributed by atoms with Gasteiger partial charge in [0.25, 0.3) is 0 Å². The summed E-state index contributed by atoms with van der Waals surface area (Å²) in [4.78, 5) is 0. The highest BCUT2D eigenvalue weighted by Crippen LogP contribution is 2.37. The summed E-state index contributed by atoms with van der Waals surface area (Å²) in [5.41, 5.74) is 0. The topological polar surface area (TPSA) is 21.3 Å². The van der Waals surface area contributed by atoms with Crippen LogP contribution < -0.4 is 5.32 Å². The summed E-state index contributed by atoms with van der Waals surface area (Å²) in [6, 6.07) is 0.704. The molecule has 0 radical (unpaired) electrons. The average molecular weight is 197 g/mol. The standard InChI is InChI=1S/C12H23NO/c1-9-4-3-5-11(9)12(13-2)10-6-7-14-8-10/h9-13H,3-8H2,1-2H3. The normalized spacial score (nSPS) is 40.3. The quantitative estimate of drug-likeness (QED) is 0.747. The fourth-order valence-electron chi connectivity index (χ4n) is 3.34. The Morgan fingerprint density at radius 1 is 1.29 bits per heavy atom. The maximum atomic E-state index is 5.49. The fourth-order valence-corrected chi connectivity index (χ4v) is 3.34. The molecule has 0 aromatic heterocycles. The predicted octanol–water partition coefficient (Wildman–Crippen LogP) is 2.05. The van der Waals surface area contributed by atoms with Crippen LogP contribution in [0.1, 0.15) is 32.6 Å². The van der Waals surface area contributed by atoms with Crippen LogP contribution in [-0.4, -0.2) is 26.3 Å². The minimum atomic E-state index is 0.704. The van der Waals surface area contributed by atoms with Crippen molar-refractivity contribution < 1.29 is 4.74 Å². The van der Waals surface area contributed by atoms with E-state index in [0.717, 1.165) is 31.0 Å². The van der Waals surface area contributed by atoms with E-state index in [1.54, 1.807) is 0 Å². The second-order valence-corrected chi connectivity index (χ2v) is 5.01. The third-order valence-electron chi connectivity index (χ3n) is 4.20. The third kappa shape index (κ3) is 1.96. The summed E-state index contributed by atoms with van der Waals surface area (Å²) in [5.74, 6) is 2.57. The lowest BCUT2D eigenvalue weighted by Gasteiger charge is -2.30. The van der Waals surface area contributed by atoms with Crippen LogP contribution in [0.5, 0.6) is 0 Å². The van der Waals surface area contributed by atoms with Gasteiger partial charge < -0.3 is 10.1 Å². The third-order valence-corrected chi connectivity index (χ3v) is 4.20. The number of ether oxygens (including phenoxy) is 1. The molecule has 1 N–H and O–H groups in total. The molecule has 4 unspecified atom stereocenters. The number of rotatable bonds is 3. The first-order chi connectivity index (χ1) is 6.83. The van der Waals surface area contributed by atoms with Gasteiger partial charge in [-0.05, 0) is 31.7 Å².